The Morgan fingerprint density at radius 1 is 1.22 bits per heavy atom. The van der Waals surface area contributed by atoms with Crippen molar-refractivity contribution in [2.75, 3.05) is 13.2 Å². The quantitative estimate of drug-likeness (QED) is 0.461. The molecule has 0 atom stereocenters. The molecule has 6 nitrogen and oxygen atoms in total. The van der Waals surface area contributed by atoms with Crippen LogP contribution >= 0.6 is 22.9 Å². The lowest BCUT2D eigenvalue weighted by Gasteiger charge is -2.19. The van der Waals surface area contributed by atoms with E-state index in [1.165, 1.54) is 22.3 Å². The van der Waals surface area contributed by atoms with E-state index in [4.69, 9.17) is 20.8 Å². The zero-order chi connectivity index (χ0) is 19.4. The number of hydrogen-bond donors (Lipinski definition) is 0. The van der Waals surface area contributed by atoms with Crippen LogP contribution in [0, 0.1) is 0 Å². The summed E-state index contributed by atoms with van der Waals surface area (Å²) in [5.41, 5.74) is -0.664. The van der Waals surface area contributed by atoms with Gasteiger partial charge < -0.3 is 14.1 Å². The van der Waals surface area contributed by atoms with Gasteiger partial charge in [0.1, 0.15) is 11.1 Å². The predicted octanol–water partition coefficient (Wildman–Crippen LogP) is 3.71. The van der Waals surface area contributed by atoms with Gasteiger partial charge in [0.05, 0.1) is 10.9 Å². The van der Waals surface area contributed by atoms with Crippen molar-refractivity contribution < 1.29 is 18.7 Å². The van der Waals surface area contributed by atoms with Crippen molar-refractivity contribution in [3.63, 3.8) is 0 Å². The molecule has 1 aromatic carbocycles. The highest BCUT2D eigenvalue weighted by molar-refractivity contribution is 7.16. The molecule has 0 saturated carbocycles. The summed E-state index contributed by atoms with van der Waals surface area (Å²) in [5.74, 6) is -1.25. The first-order chi connectivity index (χ1) is 13.0. The van der Waals surface area contributed by atoms with Gasteiger partial charge >= 0.3 is 11.6 Å². The van der Waals surface area contributed by atoms with Crippen LogP contribution < -0.4 is 5.63 Å². The molecule has 0 aliphatic heterocycles. The molecule has 140 valence electrons. The number of nitrogens with zero attached hydrogens (tertiary/aromatic N) is 1. The molecule has 0 N–H and O–H groups in total. The van der Waals surface area contributed by atoms with Gasteiger partial charge in [0.2, 0.25) is 0 Å². The predicted molar refractivity (Wildman–Crippen MR) is 103 cm³/mol. The van der Waals surface area contributed by atoms with Crippen LogP contribution in [0.1, 0.15) is 22.2 Å². The minimum absolute atomic E-state index is 0.241. The molecule has 0 radical (unpaired) electrons. The second-order valence-electron chi connectivity index (χ2n) is 5.68. The Labute approximate surface area is 163 Å². The number of thiophene rings is 1. The lowest BCUT2D eigenvalue weighted by molar-refractivity contribution is -0.134. The average molecular weight is 406 g/mol. The maximum Gasteiger partial charge on any atom is 0.351 e. The number of esters is 1. The van der Waals surface area contributed by atoms with Crippen molar-refractivity contribution in [3.05, 3.63) is 67.7 Å². The number of rotatable bonds is 6. The summed E-state index contributed by atoms with van der Waals surface area (Å²) in [7, 11) is 0. The molecule has 0 bridgehead atoms. The number of fused-ring (bicyclic) bond motifs is 1. The topological polar surface area (TPSA) is 76.8 Å². The van der Waals surface area contributed by atoms with Gasteiger partial charge in [-0.3, -0.25) is 4.79 Å². The number of amides is 1. The van der Waals surface area contributed by atoms with E-state index in [9.17, 15) is 14.4 Å². The SMILES string of the molecule is CCN(Cc1ccc(Cl)s1)C(=O)COC(=O)c1cc2ccccc2oc1=O. The fourth-order valence-electron chi connectivity index (χ4n) is 2.50. The number of carbonyl (C=O) groups is 2. The monoisotopic (exact) mass is 405 g/mol. The van der Waals surface area contributed by atoms with Gasteiger partial charge in [-0.15, -0.1) is 11.3 Å². The number of carbonyl (C=O) groups excluding carboxylic acids is 2. The van der Waals surface area contributed by atoms with Crippen LogP contribution in [0.25, 0.3) is 11.0 Å². The molecule has 27 heavy (non-hydrogen) atoms. The highest BCUT2D eigenvalue weighted by Crippen LogP contribution is 2.22. The Morgan fingerprint density at radius 3 is 2.70 bits per heavy atom. The highest BCUT2D eigenvalue weighted by atomic mass is 35.5. The summed E-state index contributed by atoms with van der Waals surface area (Å²) in [6.45, 7) is 2.19. The van der Waals surface area contributed by atoms with Gasteiger partial charge in [-0.05, 0) is 31.2 Å². The van der Waals surface area contributed by atoms with E-state index < -0.39 is 18.2 Å². The van der Waals surface area contributed by atoms with Crippen molar-refractivity contribution >= 4 is 45.8 Å². The lowest BCUT2D eigenvalue weighted by atomic mass is 10.2. The van der Waals surface area contributed by atoms with E-state index >= 15 is 0 Å². The molecule has 0 aliphatic rings. The minimum Gasteiger partial charge on any atom is -0.452 e. The maximum absolute atomic E-state index is 12.3. The van der Waals surface area contributed by atoms with Crippen molar-refractivity contribution in [1.82, 2.24) is 4.90 Å². The highest BCUT2D eigenvalue weighted by Gasteiger charge is 2.19. The van der Waals surface area contributed by atoms with Crippen LogP contribution in [0.5, 0.6) is 0 Å². The molecule has 0 unspecified atom stereocenters. The fourth-order valence-corrected chi connectivity index (χ4v) is 3.61. The van der Waals surface area contributed by atoms with Crippen molar-refractivity contribution in [2.45, 2.75) is 13.5 Å². The van der Waals surface area contributed by atoms with Gasteiger partial charge in [0.25, 0.3) is 5.91 Å². The van der Waals surface area contributed by atoms with E-state index in [1.807, 2.05) is 13.0 Å². The molecular formula is C19H16ClNO5S. The minimum atomic E-state index is -0.891. The third-order valence-electron chi connectivity index (χ3n) is 3.90. The number of benzene rings is 1. The van der Waals surface area contributed by atoms with Gasteiger partial charge in [0, 0.05) is 16.8 Å². The molecule has 8 heteroatoms. The summed E-state index contributed by atoms with van der Waals surface area (Å²) in [5, 5.41) is 0.597. The second-order valence-corrected chi connectivity index (χ2v) is 7.47. The molecule has 0 fully saturated rings. The standard InChI is InChI=1S/C19H16ClNO5S/c1-2-21(10-13-7-8-16(20)27-13)17(22)11-25-18(23)14-9-12-5-3-4-6-15(12)26-19(14)24/h3-9H,2,10-11H2,1H3. The molecule has 1 amide bonds. The first-order valence-electron chi connectivity index (χ1n) is 8.20. The zero-order valence-corrected chi connectivity index (χ0v) is 16.0. The molecular weight excluding hydrogens is 390 g/mol. The number of likely N-dealkylation sites (N-methyl/N-ethyl adjacent to an activating group) is 1. The first kappa shape index (κ1) is 19.1. The van der Waals surface area contributed by atoms with E-state index in [0.717, 1.165) is 4.88 Å². The smallest absolute Gasteiger partial charge is 0.351 e. The number of para-hydroxylation sites is 1. The Morgan fingerprint density at radius 2 is 2.00 bits per heavy atom. The Balaban J connectivity index is 1.66. The molecule has 3 aromatic rings. The third kappa shape index (κ3) is 4.56. The average Bonchev–Trinajstić information content (AvgIpc) is 3.08. The fraction of sp³-hybridized carbons (Fsp3) is 0.211. The number of hydrogen-bond acceptors (Lipinski definition) is 6. The van der Waals surface area contributed by atoms with Crippen LogP contribution in [0.15, 0.2) is 51.7 Å². The van der Waals surface area contributed by atoms with E-state index in [0.29, 0.717) is 28.4 Å². The molecule has 0 spiro atoms. The Bertz CT molecular complexity index is 1040. The summed E-state index contributed by atoms with van der Waals surface area (Å²) in [6, 6.07) is 11.8. The van der Waals surface area contributed by atoms with Crippen LogP contribution in [0.4, 0.5) is 0 Å². The van der Waals surface area contributed by atoms with E-state index in [1.54, 1.807) is 30.3 Å². The normalized spacial score (nSPS) is 10.7. The summed E-state index contributed by atoms with van der Waals surface area (Å²) in [4.78, 5) is 39.0. The summed E-state index contributed by atoms with van der Waals surface area (Å²) >= 11 is 7.28. The summed E-state index contributed by atoms with van der Waals surface area (Å²) < 4.78 is 10.8. The van der Waals surface area contributed by atoms with E-state index in [-0.39, 0.29) is 11.5 Å². The Kier molecular flexibility index (Phi) is 5.93. The van der Waals surface area contributed by atoms with Crippen LogP contribution in [-0.2, 0) is 16.1 Å². The third-order valence-corrected chi connectivity index (χ3v) is 5.11. The second kappa shape index (κ2) is 8.37. The number of ether oxygens (including phenoxy) is 1. The van der Waals surface area contributed by atoms with Crippen molar-refractivity contribution in [3.8, 4) is 0 Å². The Hall–Kier alpha value is -2.64. The number of halogens is 1. The van der Waals surface area contributed by atoms with Crippen LogP contribution in [0.3, 0.4) is 0 Å². The van der Waals surface area contributed by atoms with E-state index in [2.05, 4.69) is 0 Å². The largest absolute Gasteiger partial charge is 0.452 e. The van der Waals surface area contributed by atoms with Gasteiger partial charge in [-0.25, -0.2) is 9.59 Å². The van der Waals surface area contributed by atoms with Gasteiger partial charge in [0.15, 0.2) is 6.61 Å². The zero-order valence-electron chi connectivity index (χ0n) is 14.4. The molecule has 3 rings (SSSR count). The van der Waals surface area contributed by atoms with Crippen LogP contribution in [0.2, 0.25) is 4.34 Å². The molecule has 2 heterocycles. The van der Waals surface area contributed by atoms with Crippen molar-refractivity contribution in [1.29, 1.82) is 0 Å². The maximum atomic E-state index is 12.3. The van der Waals surface area contributed by atoms with Crippen molar-refractivity contribution in [2.24, 2.45) is 0 Å². The molecule has 0 aliphatic carbocycles. The van der Waals surface area contributed by atoms with Crippen LogP contribution in [-0.4, -0.2) is 29.9 Å². The first-order valence-corrected chi connectivity index (χ1v) is 9.39. The lowest BCUT2D eigenvalue weighted by Crippen LogP contribution is -2.34. The molecule has 2 aromatic heterocycles. The molecule has 0 saturated heterocycles. The van der Waals surface area contributed by atoms with Gasteiger partial charge in [-0.1, -0.05) is 29.8 Å². The van der Waals surface area contributed by atoms with Gasteiger partial charge in [-0.2, -0.15) is 0 Å². The summed E-state index contributed by atoms with van der Waals surface area (Å²) in [6.07, 6.45) is 0.